The van der Waals surface area contributed by atoms with Crippen molar-refractivity contribution in [1.82, 2.24) is 9.80 Å². The lowest BCUT2D eigenvalue weighted by Crippen LogP contribution is -2.51. The van der Waals surface area contributed by atoms with Crippen molar-refractivity contribution in [3.05, 3.63) is 65.5 Å². The van der Waals surface area contributed by atoms with E-state index < -0.39 is 0 Å². The second kappa shape index (κ2) is 10.0. The molecule has 0 aromatic heterocycles. The van der Waals surface area contributed by atoms with Crippen LogP contribution < -0.4 is 4.74 Å². The van der Waals surface area contributed by atoms with Gasteiger partial charge in [-0.1, -0.05) is 30.3 Å². The van der Waals surface area contributed by atoms with E-state index in [9.17, 15) is 14.0 Å². The SMILES string of the molecule is CCOc1ccccc1CCC(=O)N1CCN(C(=O)Cc2ccc(F)cc2)CC1. The molecule has 2 aromatic carbocycles. The Labute approximate surface area is 171 Å². The van der Waals surface area contributed by atoms with Crippen molar-refractivity contribution in [2.24, 2.45) is 0 Å². The molecule has 2 aromatic rings. The predicted molar refractivity (Wildman–Crippen MR) is 109 cm³/mol. The second-order valence-electron chi connectivity index (χ2n) is 7.11. The van der Waals surface area contributed by atoms with E-state index in [4.69, 9.17) is 4.74 Å². The average molecular weight is 398 g/mol. The lowest BCUT2D eigenvalue weighted by atomic mass is 10.1. The summed E-state index contributed by atoms with van der Waals surface area (Å²) in [5, 5.41) is 0. The Morgan fingerprint density at radius 3 is 2.21 bits per heavy atom. The lowest BCUT2D eigenvalue weighted by Gasteiger charge is -2.35. The monoisotopic (exact) mass is 398 g/mol. The molecule has 1 aliphatic rings. The van der Waals surface area contributed by atoms with Crippen LogP contribution in [0.15, 0.2) is 48.5 Å². The minimum absolute atomic E-state index is 0.00866. The highest BCUT2D eigenvalue weighted by Gasteiger charge is 2.24. The Balaban J connectivity index is 1.45. The Bertz CT molecular complexity index is 830. The number of carbonyl (C=O) groups is 2. The van der Waals surface area contributed by atoms with E-state index >= 15 is 0 Å². The fraction of sp³-hybridized carbons (Fsp3) is 0.391. The third kappa shape index (κ3) is 5.79. The Kier molecular flexibility index (Phi) is 7.22. The van der Waals surface area contributed by atoms with Gasteiger partial charge in [-0.05, 0) is 42.7 Å². The van der Waals surface area contributed by atoms with Crippen LogP contribution in [0.25, 0.3) is 0 Å². The molecule has 0 radical (unpaired) electrons. The van der Waals surface area contributed by atoms with Crippen LogP contribution in [-0.4, -0.2) is 54.4 Å². The van der Waals surface area contributed by atoms with E-state index in [1.54, 1.807) is 17.0 Å². The van der Waals surface area contributed by atoms with E-state index in [1.807, 2.05) is 36.1 Å². The van der Waals surface area contributed by atoms with Crippen LogP contribution in [0.2, 0.25) is 0 Å². The quantitative estimate of drug-likeness (QED) is 0.720. The molecule has 0 atom stereocenters. The van der Waals surface area contributed by atoms with Crippen molar-refractivity contribution < 1.29 is 18.7 Å². The number of carbonyl (C=O) groups excluding carboxylic acids is 2. The maximum absolute atomic E-state index is 13.0. The summed E-state index contributed by atoms with van der Waals surface area (Å²) in [4.78, 5) is 28.6. The van der Waals surface area contributed by atoms with Crippen LogP contribution in [0.1, 0.15) is 24.5 Å². The molecule has 6 heteroatoms. The molecule has 2 amide bonds. The van der Waals surface area contributed by atoms with E-state index in [0.717, 1.165) is 16.9 Å². The highest BCUT2D eigenvalue weighted by Crippen LogP contribution is 2.20. The number of ether oxygens (including phenoxy) is 1. The van der Waals surface area contributed by atoms with E-state index in [-0.39, 0.29) is 24.1 Å². The van der Waals surface area contributed by atoms with Gasteiger partial charge in [0.05, 0.1) is 13.0 Å². The van der Waals surface area contributed by atoms with Crippen LogP contribution in [0.3, 0.4) is 0 Å². The van der Waals surface area contributed by atoms with Gasteiger partial charge in [0.15, 0.2) is 0 Å². The Morgan fingerprint density at radius 2 is 1.55 bits per heavy atom. The Hall–Kier alpha value is -2.89. The summed E-state index contributed by atoms with van der Waals surface area (Å²) in [7, 11) is 0. The van der Waals surface area contributed by atoms with Gasteiger partial charge < -0.3 is 14.5 Å². The maximum Gasteiger partial charge on any atom is 0.227 e. The van der Waals surface area contributed by atoms with Gasteiger partial charge in [0.25, 0.3) is 0 Å². The minimum Gasteiger partial charge on any atom is -0.494 e. The van der Waals surface area contributed by atoms with Gasteiger partial charge >= 0.3 is 0 Å². The van der Waals surface area contributed by atoms with Crippen molar-refractivity contribution in [3.8, 4) is 5.75 Å². The average Bonchev–Trinajstić information content (AvgIpc) is 2.75. The molecule has 0 saturated carbocycles. The van der Waals surface area contributed by atoms with E-state index in [1.165, 1.54) is 12.1 Å². The first-order valence-corrected chi connectivity index (χ1v) is 10.1. The highest BCUT2D eigenvalue weighted by atomic mass is 19.1. The molecule has 1 fully saturated rings. The smallest absolute Gasteiger partial charge is 0.227 e. The van der Waals surface area contributed by atoms with Crippen LogP contribution in [0.5, 0.6) is 5.75 Å². The number of benzene rings is 2. The molecule has 154 valence electrons. The first kappa shape index (κ1) is 20.8. The zero-order chi connectivity index (χ0) is 20.6. The predicted octanol–water partition coefficient (Wildman–Crippen LogP) is 3.07. The standard InChI is InChI=1S/C23H27FN2O3/c1-2-29-21-6-4-3-5-19(21)9-12-22(27)25-13-15-26(16-14-25)23(28)17-18-7-10-20(24)11-8-18/h3-8,10-11H,2,9,12-17H2,1H3. The number of halogens is 1. The third-order valence-corrected chi connectivity index (χ3v) is 5.13. The van der Waals surface area contributed by atoms with E-state index in [0.29, 0.717) is 45.6 Å². The normalized spacial score (nSPS) is 14.0. The van der Waals surface area contributed by atoms with E-state index in [2.05, 4.69) is 0 Å². The number of para-hydroxylation sites is 1. The van der Waals surface area contributed by atoms with Crippen LogP contribution >= 0.6 is 0 Å². The molecule has 1 saturated heterocycles. The summed E-state index contributed by atoms with van der Waals surface area (Å²) in [6.45, 7) is 4.68. The number of aryl methyl sites for hydroxylation is 1. The number of rotatable bonds is 7. The summed E-state index contributed by atoms with van der Waals surface area (Å²) < 4.78 is 18.6. The van der Waals surface area contributed by atoms with Crippen molar-refractivity contribution in [2.75, 3.05) is 32.8 Å². The number of amides is 2. The van der Waals surface area contributed by atoms with Crippen molar-refractivity contribution in [3.63, 3.8) is 0 Å². The summed E-state index contributed by atoms with van der Waals surface area (Å²) in [6.07, 6.45) is 1.31. The number of hydrogen-bond donors (Lipinski definition) is 0. The van der Waals surface area contributed by atoms with Gasteiger partial charge in [0.2, 0.25) is 11.8 Å². The van der Waals surface area contributed by atoms with Gasteiger partial charge in [-0.3, -0.25) is 9.59 Å². The fourth-order valence-corrected chi connectivity index (χ4v) is 3.50. The van der Waals surface area contributed by atoms with Gasteiger partial charge in [-0.2, -0.15) is 0 Å². The summed E-state index contributed by atoms with van der Waals surface area (Å²) in [5.74, 6) is 0.632. The molecule has 29 heavy (non-hydrogen) atoms. The van der Waals surface area contributed by atoms with Gasteiger partial charge in [-0.15, -0.1) is 0 Å². The molecule has 0 spiro atoms. The zero-order valence-corrected chi connectivity index (χ0v) is 16.8. The van der Waals surface area contributed by atoms with Gasteiger partial charge in [0, 0.05) is 32.6 Å². The fourth-order valence-electron chi connectivity index (χ4n) is 3.50. The molecule has 1 aliphatic heterocycles. The number of hydrogen-bond acceptors (Lipinski definition) is 3. The van der Waals surface area contributed by atoms with Crippen molar-refractivity contribution in [1.29, 1.82) is 0 Å². The third-order valence-electron chi connectivity index (χ3n) is 5.13. The minimum atomic E-state index is -0.308. The molecule has 0 N–H and O–H groups in total. The molecular formula is C23H27FN2O3. The lowest BCUT2D eigenvalue weighted by molar-refractivity contribution is -0.139. The molecular weight excluding hydrogens is 371 g/mol. The van der Waals surface area contributed by atoms with Gasteiger partial charge in [-0.25, -0.2) is 4.39 Å². The zero-order valence-electron chi connectivity index (χ0n) is 16.8. The first-order chi connectivity index (χ1) is 14.1. The topological polar surface area (TPSA) is 49.9 Å². The highest BCUT2D eigenvalue weighted by molar-refractivity contribution is 5.80. The maximum atomic E-state index is 13.0. The van der Waals surface area contributed by atoms with Crippen molar-refractivity contribution in [2.45, 2.75) is 26.2 Å². The number of nitrogens with zero attached hydrogens (tertiary/aromatic N) is 2. The summed E-state index contributed by atoms with van der Waals surface area (Å²) >= 11 is 0. The molecule has 0 aliphatic carbocycles. The van der Waals surface area contributed by atoms with Crippen LogP contribution in [0.4, 0.5) is 4.39 Å². The molecule has 5 nitrogen and oxygen atoms in total. The second-order valence-corrected chi connectivity index (χ2v) is 7.11. The van der Waals surface area contributed by atoms with Crippen LogP contribution in [0, 0.1) is 5.82 Å². The summed E-state index contributed by atoms with van der Waals surface area (Å²) in [5.41, 5.74) is 1.83. The largest absolute Gasteiger partial charge is 0.494 e. The Morgan fingerprint density at radius 1 is 0.931 bits per heavy atom. The van der Waals surface area contributed by atoms with Crippen LogP contribution in [-0.2, 0) is 22.4 Å². The summed E-state index contributed by atoms with van der Waals surface area (Å²) in [6, 6.07) is 13.8. The molecule has 3 rings (SSSR count). The molecule has 1 heterocycles. The van der Waals surface area contributed by atoms with Gasteiger partial charge in [0.1, 0.15) is 11.6 Å². The molecule has 0 unspecified atom stereocenters. The number of piperazine rings is 1. The van der Waals surface area contributed by atoms with Crippen molar-refractivity contribution >= 4 is 11.8 Å². The first-order valence-electron chi connectivity index (χ1n) is 10.1. The molecule has 0 bridgehead atoms.